The Morgan fingerprint density at radius 1 is 1.10 bits per heavy atom. The van der Waals surface area contributed by atoms with Crippen LogP contribution >= 0.6 is 11.3 Å². The summed E-state index contributed by atoms with van der Waals surface area (Å²) in [6.07, 6.45) is 1.59. The quantitative estimate of drug-likeness (QED) is 0.739. The Morgan fingerprint density at radius 3 is 2.67 bits per heavy atom. The van der Waals surface area contributed by atoms with Crippen molar-refractivity contribution >= 4 is 38.7 Å². The molecule has 0 aliphatic carbocycles. The van der Waals surface area contributed by atoms with Crippen molar-refractivity contribution in [3.05, 3.63) is 41.5 Å². The minimum Gasteiger partial charge on any atom is -0.373 e. The van der Waals surface area contributed by atoms with Gasteiger partial charge < -0.3 is 10.6 Å². The molecule has 0 aliphatic heterocycles. The lowest BCUT2D eigenvalue weighted by atomic mass is 10.0. The number of nitrogens with zero attached hydrogens (tertiary/aromatic N) is 2. The highest BCUT2D eigenvalue weighted by atomic mass is 32.1. The molecule has 3 rings (SSSR count). The molecule has 21 heavy (non-hydrogen) atoms. The number of hydrogen-bond donors (Lipinski definition) is 2. The van der Waals surface area contributed by atoms with Crippen LogP contribution < -0.4 is 10.6 Å². The molecule has 2 N–H and O–H groups in total. The molecule has 0 saturated carbocycles. The first-order valence-electron chi connectivity index (χ1n) is 6.96. The summed E-state index contributed by atoms with van der Waals surface area (Å²) in [5.74, 6) is 2.07. The first-order chi connectivity index (χ1) is 10.2. The largest absolute Gasteiger partial charge is 0.373 e. The molecule has 2 aromatic heterocycles. The summed E-state index contributed by atoms with van der Waals surface area (Å²) in [5.41, 5.74) is 2.15. The number of anilines is 3. The van der Waals surface area contributed by atoms with Gasteiger partial charge in [0.05, 0.1) is 0 Å². The molecule has 2 heterocycles. The predicted molar refractivity (Wildman–Crippen MR) is 90.8 cm³/mol. The van der Waals surface area contributed by atoms with Gasteiger partial charge in [-0.3, -0.25) is 0 Å². The first kappa shape index (κ1) is 13.8. The highest BCUT2D eigenvalue weighted by Crippen LogP contribution is 2.31. The molecule has 5 heteroatoms. The average molecular weight is 298 g/mol. The Kier molecular flexibility index (Phi) is 3.75. The van der Waals surface area contributed by atoms with Crippen LogP contribution in [0.4, 0.5) is 17.3 Å². The monoisotopic (exact) mass is 298 g/mol. The summed E-state index contributed by atoms with van der Waals surface area (Å²) in [5, 5.41) is 9.92. The molecule has 108 valence electrons. The van der Waals surface area contributed by atoms with Gasteiger partial charge in [-0.15, -0.1) is 11.3 Å². The van der Waals surface area contributed by atoms with Crippen molar-refractivity contribution in [3.8, 4) is 0 Å². The van der Waals surface area contributed by atoms with E-state index in [0.29, 0.717) is 5.92 Å². The number of nitrogens with one attached hydrogen (secondary N) is 2. The zero-order valence-electron chi connectivity index (χ0n) is 12.3. The molecule has 0 spiro atoms. The molecular weight excluding hydrogens is 280 g/mol. The zero-order chi connectivity index (χ0) is 14.8. The standard InChI is InChI=1S/C16H18N4S/c1-10(2)14-15(17-3)18-9-19-16(14)20-12-4-5-13-11(8-12)6-7-21-13/h4-10H,1-3H3,(H2,17,18,19,20). The van der Waals surface area contributed by atoms with Gasteiger partial charge in [-0.05, 0) is 40.9 Å². The van der Waals surface area contributed by atoms with E-state index in [1.54, 1.807) is 17.7 Å². The molecule has 0 radical (unpaired) electrons. The highest BCUT2D eigenvalue weighted by Gasteiger charge is 2.14. The van der Waals surface area contributed by atoms with E-state index in [0.717, 1.165) is 22.9 Å². The maximum absolute atomic E-state index is 4.41. The van der Waals surface area contributed by atoms with Gasteiger partial charge in [0.25, 0.3) is 0 Å². The van der Waals surface area contributed by atoms with Crippen LogP contribution in [0.2, 0.25) is 0 Å². The fraction of sp³-hybridized carbons (Fsp3) is 0.250. The molecule has 4 nitrogen and oxygen atoms in total. The van der Waals surface area contributed by atoms with Crippen molar-refractivity contribution in [3.63, 3.8) is 0 Å². The fourth-order valence-electron chi connectivity index (χ4n) is 2.42. The third kappa shape index (κ3) is 2.69. The minimum absolute atomic E-state index is 0.334. The normalized spacial score (nSPS) is 11.0. The van der Waals surface area contributed by atoms with Gasteiger partial charge in [0.2, 0.25) is 0 Å². The second kappa shape index (κ2) is 5.69. The molecule has 0 saturated heterocycles. The lowest BCUT2D eigenvalue weighted by molar-refractivity contribution is 0.852. The zero-order valence-corrected chi connectivity index (χ0v) is 13.2. The molecular formula is C16H18N4S. The minimum atomic E-state index is 0.334. The summed E-state index contributed by atoms with van der Waals surface area (Å²) in [6, 6.07) is 8.51. The summed E-state index contributed by atoms with van der Waals surface area (Å²) >= 11 is 1.75. The van der Waals surface area contributed by atoms with Gasteiger partial charge in [-0.1, -0.05) is 13.8 Å². The third-order valence-corrected chi connectivity index (χ3v) is 4.31. The number of aromatic nitrogens is 2. The number of benzene rings is 1. The van der Waals surface area contributed by atoms with Crippen molar-refractivity contribution < 1.29 is 0 Å². The van der Waals surface area contributed by atoms with Crippen molar-refractivity contribution in [2.45, 2.75) is 19.8 Å². The van der Waals surface area contributed by atoms with Gasteiger partial charge in [0.15, 0.2) is 0 Å². The molecule has 0 atom stereocenters. The van der Waals surface area contributed by atoms with Crippen LogP contribution in [0, 0.1) is 0 Å². The number of rotatable bonds is 4. The lowest BCUT2D eigenvalue weighted by Crippen LogP contribution is -2.06. The summed E-state index contributed by atoms with van der Waals surface area (Å²) in [6.45, 7) is 4.29. The van der Waals surface area contributed by atoms with Crippen LogP contribution in [0.1, 0.15) is 25.3 Å². The molecule has 0 aliphatic rings. The summed E-state index contributed by atoms with van der Waals surface area (Å²) < 4.78 is 1.29. The Morgan fingerprint density at radius 2 is 1.90 bits per heavy atom. The number of hydrogen-bond acceptors (Lipinski definition) is 5. The molecule has 0 unspecified atom stereocenters. The summed E-state index contributed by atoms with van der Waals surface area (Å²) in [4.78, 5) is 8.71. The van der Waals surface area contributed by atoms with E-state index in [1.807, 2.05) is 7.05 Å². The molecule has 3 aromatic rings. The van der Waals surface area contributed by atoms with Crippen LogP contribution in [0.25, 0.3) is 10.1 Å². The molecule has 0 fully saturated rings. The van der Waals surface area contributed by atoms with Crippen LogP contribution in [0.3, 0.4) is 0 Å². The van der Waals surface area contributed by atoms with E-state index >= 15 is 0 Å². The Hall–Kier alpha value is -2.14. The third-order valence-electron chi connectivity index (χ3n) is 3.41. The van der Waals surface area contributed by atoms with Gasteiger partial charge in [-0.2, -0.15) is 0 Å². The van der Waals surface area contributed by atoms with E-state index in [9.17, 15) is 0 Å². The molecule has 0 bridgehead atoms. The van der Waals surface area contributed by atoms with Crippen molar-refractivity contribution in [2.75, 3.05) is 17.7 Å². The fourth-order valence-corrected chi connectivity index (χ4v) is 3.19. The Bertz CT molecular complexity index is 764. The summed E-state index contributed by atoms with van der Waals surface area (Å²) in [7, 11) is 1.88. The van der Waals surface area contributed by atoms with Crippen molar-refractivity contribution in [1.82, 2.24) is 9.97 Å². The second-order valence-corrected chi connectivity index (χ2v) is 6.14. The van der Waals surface area contributed by atoms with Crippen LogP contribution in [0.15, 0.2) is 36.0 Å². The van der Waals surface area contributed by atoms with E-state index in [-0.39, 0.29) is 0 Å². The van der Waals surface area contributed by atoms with Gasteiger partial charge in [-0.25, -0.2) is 9.97 Å². The van der Waals surface area contributed by atoms with Crippen LogP contribution in [-0.4, -0.2) is 17.0 Å². The lowest BCUT2D eigenvalue weighted by Gasteiger charge is -2.16. The van der Waals surface area contributed by atoms with Crippen molar-refractivity contribution in [1.29, 1.82) is 0 Å². The van der Waals surface area contributed by atoms with Gasteiger partial charge in [0, 0.05) is 23.0 Å². The maximum Gasteiger partial charge on any atom is 0.139 e. The number of thiophene rings is 1. The first-order valence-corrected chi connectivity index (χ1v) is 7.84. The van der Waals surface area contributed by atoms with Gasteiger partial charge in [0.1, 0.15) is 18.0 Å². The van der Waals surface area contributed by atoms with Crippen LogP contribution in [0.5, 0.6) is 0 Å². The topological polar surface area (TPSA) is 49.8 Å². The van der Waals surface area contributed by atoms with E-state index in [4.69, 9.17) is 0 Å². The van der Waals surface area contributed by atoms with Gasteiger partial charge >= 0.3 is 0 Å². The Balaban J connectivity index is 2.00. The number of fused-ring (bicyclic) bond motifs is 1. The SMILES string of the molecule is CNc1ncnc(Nc2ccc3sccc3c2)c1C(C)C. The highest BCUT2D eigenvalue weighted by molar-refractivity contribution is 7.17. The van der Waals surface area contributed by atoms with E-state index in [1.165, 1.54) is 10.1 Å². The smallest absolute Gasteiger partial charge is 0.139 e. The Labute approximate surface area is 128 Å². The van der Waals surface area contributed by atoms with E-state index in [2.05, 4.69) is 64.1 Å². The van der Waals surface area contributed by atoms with Crippen molar-refractivity contribution in [2.24, 2.45) is 0 Å². The molecule has 0 amide bonds. The molecule has 1 aromatic carbocycles. The second-order valence-electron chi connectivity index (χ2n) is 5.19. The van der Waals surface area contributed by atoms with E-state index < -0.39 is 0 Å². The average Bonchev–Trinajstić information content (AvgIpc) is 2.94. The predicted octanol–water partition coefficient (Wildman–Crippen LogP) is 4.60. The van der Waals surface area contributed by atoms with Crippen LogP contribution in [-0.2, 0) is 0 Å². The maximum atomic E-state index is 4.41.